The Kier molecular flexibility index (Phi) is 7.07. The van der Waals surface area contributed by atoms with Crippen molar-refractivity contribution in [2.45, 2.75) is 26.9 Å². The Hall–Kier alpha value is -2.73. The zero-order chi connectivity index (χ0) is 20.0. The van der Waals surface area contributed by atoms with Crippen LogP contribution in [0.4, 0.5) is 5.69 Å². The third-order valence-corrected chi connectivity index (χ3v) is 3.79. The summed E-state index contributed by atoms with van der Waals surface area (Å²) in [6.45, 7) is 5.19. The average molecular weight is 392 g/mol. The lowest BCUT2D eigenvalue weighted by atomic mass is 10.2. The van der Waals surface area contributed by atoms with Crippen LogP contribution in [0, 0.1) is 6.92 Å². The molecule has 2 rings (SSSR count). The van der Waals surface area contributed by atoms with Crippen LogP contribution in [0.15, 0.2) is 36.4 Å². The van der Waals surface area contributed by atoms with E-state index in [1.54, 1.807) is 30.3 Å². The number of carbonyl (C=O) groups excluding carboxylic acids is 2. The molecule has 0 radical (unpaired) electrons. The van der Waals surface area contributed by atoms with Gasteiger partial charge < -0.3 is 19.5 Å². The Morgan fingerprint density at radius 3 is 2.48 bits per heavy atom. The fourth-order valence-electron chi connectivity index (χ4n) is 2.31. The summed E-state index contributed by atoms with van der Waals surface area (Å²) in [5, 5.41) is 3.26. The largest absolute Gasteiger partial charge is 0.493 e. The maximum absolute atomic E-state index is 12.2. The molecule has 0 atom stereocenters. The third-order valence-electron chi connectivity index (χ3n) is 3.56. The lowest BCUT2D eigenvalue weighted by Gasteiger charge is -2.14. The van der Waals surface area contributed by atoms with Crippen LogP contribution in [-0.2, 0) is 9.53 Å². The average Bonchev–Trinajstić information content (AvgIpc) is 2.62. The number of benzene rings is 2. The van der Waals surface area contributed by atoms with Gasteiger partial charge in [-0.05, 0) is 62.7 Å². The van der Waals surface area contributed by atoms with E-state index >= 15 is 0 Å². The van der Waals surface area contributed by atoms with Gasteiger partial charge in [-0.2, -0.15) is 0 Å². The van der Waals surface area contributed by atoms with Crippen molar-refractivity contribution in [3.63, 3.8) is 0 Å². The Morgan fingerprint density at radius 2 is 1.85 bits per heavy atom. The van der Waals surface area contributed by atoms with Crippen LogP contribution in [-0.4, -0.2) is 31.7 Å². The Labute approximate surface area is 163 Å². The highest BCUT2D eigenvalue weighted by Crippen LogP contribution is 2.29. The second-order valence-electron chi connectivity index (χ2n) is 6.12. The molecule has 0 fully saturated rings. The van der Waals surface area contributed by atoms with Gasteiger partial charge in [0.1, 0.15) is 0 Å². The highest BCUT2D eigenvalue weighted by Gasteiger charge is 2.15. The minimum atomic E-state index is -0.632. The van der Waals surface area contributed by atoms with Crippen molar-refractivity contribution in [2.24, 2.45) is 0 Å². The van der Waals surface area contributed by atoms with Crippen LogP contribution in [0.3, 0.4) is 0 Å². The van der Waals surface area contributed by atoms with Crippen molar-refractivity contribution in [1.82, 2.24) is 0 Å². The number of hydrogen-bond donors (Lipinski definition) is 1. The highest BCUT2D eigenvalue weighted by molar-refractivity contribution is 6.30. The van der Waals surface area contributed by atoms with Gasteiger partial charge in [0.15, 0.2) is 18.1 Å². The van der Waals surface area contributed by atoms with Gasteiger partial charge in [-0.25, -0.2) is 4.79 Å². The molecule has 0 saturated carbocycles. The maximum Gasteiger partial charge on any atom is 0.338 e. The van der Waals surface area contributed by atoms with Gasteiger partial charge in [-0.3, -0.25) is 4.79 Å². The number of rotatable bonds is 7. The zero-order valence-electron chi connectivity index (χ0n) is 15.7. The summed E-state index contributed by atoms with van der Waals surface area (Å²) in [4.78, 5) is 24.2. The van der Waals surface area contributed by atoms with Gasteiger partial charge in [-0.15, -0.1) is 0 Å². The second-order valence-corrected chi connectivity index (χ2v) is 6.55. The first-order valence-corrected chi connectivity index (χ1v) is 8.75. The number of carbonyl (C=O) groups is 2. The van der Waals surface area contributed by atoms with E-state index in [4.69, 9.17) is 25.8 Å². The van der Waals surface area contributed by atoms with Crippen LogP contribution < -0.4 is 14.8 Å². The lowest BCUT2D eigenvalue weighted by Crippen LogP contribution is -2.21. The molecule has 1 N–H and O–H groups in total. The molecule has 0 bridgehead atoms. The first kappa shape index (κ1) is 20.6. The molecule has 2 aromatic rings. The number of aryl methyl sites for hydroxylation is 1. The Balaban J connectivity index is 1.97. The van der Waals surface area contributed by atoms with E-state index in [0.717, 1.165) is 5.56 Å². The quantitative estimate of drug-likeness (QED) is 0.714. The fraction of sp³-hybridized carbons (Fsp3) is 0.300. The summed E-state index contributed by atoms with van der Waals surface area (Å²) in [7, 11) is 1.49. The van der Waals surface area contributed by atoms with E-state index in [0.29, 0.717) is 22.2 Å². The number of amides is 1. The molecular weight excluding hydrogens is 370 g/mol. The van der Waals surface area contributed by atoms with E-state index in [2.05, 4.69) is 5.32 Å². The molecule has 144 valence electrons. The summed E-state index contributed by atoms with van der Waals surface area (Å²) in [6, 6.07) is 9.80. The molecule has 0 aromatic heterocycles. The van der Waals surface area contributed by atoms with E-state index in [9.17, 15) is 9.59 Å². The van der Waals surface area contributed by atoms with Gasteiger partial charge in [0.25, 0.3) is 5.91 Å². The Morgan fingerprint density at radius 1 is 1.11 bits per heavy atom. The van der Waals surface area contributed by atoms with E-state index in [-0.39, 0.29) is 11.7 Å². The van der Waals surface area contributed by atoms with Crippen LogP contribution in [0.1, 0.15) is 29.8 Å². The molecular formula is C20H22ClNO5. The number of anilines is 1. The first-order valence-electron chi connectivity index (χ1n) is 8.38. The topological polar surface area (TPSA) is 73.9 Å². The summed E-state index contributed by atoms with van der Waals surface area (Å²) >= 11 is 5.89. The Bertz CT molecular complexity index is 835. The predicted octanol–water partition coefficient (Wildman–Crippen LogP) is 4.24. The summed E-state index contributed by atoms with van der Waals surface area (Å²) in [5.74, 6) is -0.132. The molecule has 0 aliphatic heterocycles. The smallest absolute Gasteiger partial charge is 0.338 e. The number of halogens is 1. The van der Waals surface area contributed by atoms with Crippen LogP contribution in [0.25, 0.3) is 0 Å². The van der Waals surface area contributed by atoms with Crippen molar-refractivity contribution in [2.75, 3.05) is 19.0 Å². The molecule has 2 aromatic carbocycles. The van der Waals surface area contributed by atoms with Gasteiger partial charge in [0, 0.05) is 10.7 Å². The molecule has 7 heteroatoms. The van der Waals surface area contributed by atoms with Crippen molar-refractivity contribution >= 4 is 29.2 Å². The SMILES string of the molecule is COc1cc(C(=O)OCC(=O)Nc2ccc(Cl)cc2C)ccc1OC(C)C. The number of methoxy groups -OCH3 is 1. The van der Waals surface area contributed by atoms with E-state index in [1.165, 1.54) is 13.2 Å². The molecule has 0 unspecified atom stereocenters. The molecule has 0 spiro atoms. The summed E-state index contributed by atoms with van der Waals surface area (Å²) in [6.07, 6.45) is -0.0308. The van der Waals surface area contributed by atoms with Gasteiger partial charge >= 0.3 is 5.97 Å². The van der Waals surface area contributed by atoms with Crippen LogP contribution in [0.2, 0.25) is 5.02 Å². The predicted molar refractivity (Wildman–Crippen MR) is 104 cm³/mol. The minimum Gasteiger partial charge on any atom is -0.493 e. The number of esters is 1. The fourth-order valence-corrected chi connectivity index (χ4v) is 2.54. The molecule has 0 saturated heterocycles. The van der Waals surface area contributed by atoms with Crippen LogP contribution >= 0.6 is 11.6 Å². The van der Waals surface area contributed by atoms with Crippen molar-refractivity contribution in [1.29, 1.82) is 0 Å². The maximum atomic E-state index is 12.2. The summed E-state index contributed by atoms with van der Waals surface area (Å²) < 4.78 is 15.9. The van der Waals surface area contributed by atoms with E-state index in [1.807, 2.05) is 20.8 Å². The summed E-state index contributed by atoms with van der Waals surface area (Å²) in [5.41, 5.74) is 1.68. The van der Waals surface area contributed by atoms with Gasteiger partial charge in [-0.1, -0.05) is 11.6 Å². The third kappa shape index (κ3) is 5.89. The molecule has 0 aliphatic carbocycles. The van der Waals surface area contributed by atoms with Gasteiger partial charge in [0.2, 0.25) is 0 Å². The highest BCUT2D eigenvalue weighted by atomic mass is 35.5. The lowest BCUT2D eigenvalue weighted by molar-refractivity contribution is -0.119. The normalized spacial score (nSPS) is 10.4. The standard InChI is InChI=1S/C20H22ClNO5/c1-12(2)27-17-8-5-14(10-18(17)25-4)20(24)26-11-19(23)22-16-7-6-15(21)9-13(16)3/h5-10,12H,11H2,1-4H3,(H,22,23). The van der Waals surface area contributed by atoms with Gasteiger partial charge in [0.05, 0.1) is 18.8 Å². The zero-order valence-corrected chi connectivity index (χ0v) is 16.4. The second kappa shape index (κ2) is 9.28. The number of nitrogens with one attached hydrogen (secondary N) is 1. The number of hydrogen-bond acceptors (Lipinski definition) is 5. The molecule has 1 amide bonds. The minimum absolute atomic E-state index is 0.0308. The van der Waals surface area contributed by atoms with Crippen molar-refractivity contribution in [3.8, 4) is 11.5 Å². The monoisotopic (exact) mass is 391 g/mol. The van der Waals surface area contributed by atoms with Crippen LogP contribution in [0.5, 0.6) is 11.5 Å². The van der Waals surface area contributed by atoms with E-state index < -0.39 is 18.5 Å². The van der Waals surface area contributed by atoms with Crippen molar-refractivity contribution < 1.29 is 23.8 Å². The number of ether oxygens (including phenoxy) is 3. The first-order chi connectivity index (χ1) is 12.8. The molecule has 27 heavy (non-hydrogen) atoms. The molecule has 6 nitrogen and oxygen atoms in total. The molecule has 0 aliphatic rings. The van der Waals surface area contributed by atoms with Crippen molar-refractivity contribution in [3.05, 3.63) is 52.5 Å². The molecule has 0 heterocycles.